The average molecular weight is 369 g/mol. The molecule has 0 fully saturated rings. The highest BCUT2D eigenvalue weighted by Crippen LogP contribution is 2.36. The molecule has 2 aliphatic rings. The van der Waals surface area contributed by atoms with Crippen LogP contribution >= 0.6 is 0 Å². The molecule has 0 aromatic carbocycles. The van der Waals surface area contributed by atoms with Crippen LogP contribution in [0.25, 0.3) is 22.7 Å². The Morgan fingerprint density at radius 1 is 1.04 bits per heavy atom. The maximum atomic E-state index is 6.28. The molecule has 0 amide bonds. The molecule has 0 saturated heterocycles. The lowest BCUT2D eigenvalue weighted by molar-refractivity contribution is 0.285. The zero-order valence-corrected chi connectivity index (χ0v) is 15.5. The second-order valence-electron chi connectivity index (χ2n) is 6.78. The van der Waals surface area contributed by atoms with Gasteiger partial charge in [-0.1, -0.05) is 30.4 Å². The first-order valence-electron chi connectivity index (χ1n) is 9.31. The standard InChI is InChI=1S/C23H19N3O2/c1-16-8-7-11-18(24-16)23-22(19-12-5-6-13-26(19)25-23)21-15-27-14-20(28-21)17-9-3-2-4-10-17/h2-3,5-9,11-15H,4,10H2,1H3. The van der Waals surface area contributed by atoms with Crippen molar-refractivity contribution in [3.8, 4) is 11.4 Å². The number of aryl methyl sites for hydroxylation is 1. The lowest BCUT2D eigenvalue weighted by Gasteiger charge is -2.19. The van der Waals surface area contributed by atoms with Crippen molar-refractivity contribution >= 4 is 11.3 Å². The topological polar surface area (TPSA) is 48.7 Å². The normalized spacial score (nSPS) is 16.1. The predicted octanol–water partition coefficient (Wildman–Crippen LogP) is 5.17. The van der Waals surface area contributed by atoms with Crippen LogP contribution in [0.5, 0.6) is 0 Å². The number of nitrogens with zero attached hydrogens (tertiary/aromatic N) is 3. The van der Waals surface area contributed by atoms with Crippen LogP contribution in [0.15, 0.2) is 84.7 Å². The van der Waals surface area contributed by atoms with Gasteiger partial charge in [0.2, 0.25) is 0 Å². The van der Waals surface area contributed by atoms with E-state index in [2.05, 4.69) is 23.2 Å². The highest BCUT2D eigenvalue weighted by molar-refractivity contribution is 5.85. The molecule has 5 nitrogen and oxygen atoms in total. The summed E-state index contributed by atoms with van der Waals surface area (Å²) in [7, 11) is 0. The maximum absolute atomic E-state index is 6.28. The number of allylic oxidation sites excluding steroid dienone is 4. The van der Waals surface area contributed by atoms with Gasteiger partial charge in [-0.25, -0.2) is 4.52 Å². The van der Waals surface area contributed by atoms with Gasteiger partial charge in [0, 0.05) is 11.9 Å². The van der Waals surface area contributed by atoms with Gasteiger partial charge in [0.15, 0.2) is 11.5 Å². The fourth-order valence-corrected chi connectivity index (χ4v) is 3.48. The first-order valence-corrected chi connectivity index (χ1v) is 9.31. The summed E-state index contributed by atoms with van der Waals surface area (Å²) in [5, 5.41) is 4.77. The molecule has 5 heteroatoms. The minimum Gasteiger partial charge on any atom is -0.465 e. The molecule has 0 atom stereocenters. The summed E-state index contributed by atoms with van der Waals surface area (Å²) in [6.45, 7) is 1.97. The summed E-state index contributed by atoms with van der Waals surface area (Å²) >= 11 is 0. The summed E-state index contributed by atoms with van der Waals surface area (Å²) in [6, 6.07) is 11.9. The molecule has 0 saturated carbocycles. The molecule has 138 valence electrons. The van der Waals surface area contributed by atoms with Gasteiger partial charge < -0.3 is 9.47 Å². The number of fused-ring (bicyclic) bond motifs is 1. The number of hydrogen-bond acceptors (Lipinski definition) is 4. The zero-order chi connectivity index (χ0) is 18.9. The first-order chi connectivity index (χ1) is 13.8. The van der Waals surface area contributed by atoms with Crippen molar-refractivity contribution in [1.29, 1.82) is 0 Å². The molecule has 0 unspecified atom stereocenters. The highest BCUT2D eigenvalue weighted by Gasteiger charge is 2.24. The van der Waals surface area contributed by atoms with E-state index in [1.54, 1.807) is 12.5 Å². The smallest absolute Gasteiger partial charge is 0.174 e. The highest BCUT2D eigenvalue weighted by atomic mass is 16.5. The third kappa shape index (κ3) is 2.91. The Hall–Kier alpha value is -3.60. The molecule has 1 aliphatic heterocycles. The van der Waals surface area contributed by atoms with Crippen LogP contribution in [0.4, 0.5) is 0 Å². The minimum absolute atomic E-state index is 0.632. The van der Waals surface area contributed by atoms with E-state index in [4.69, 9.17) is 14.6 Å². The van der Waals surface area contributed by atoms with Gasteiger partial charge in [-0.3, -0.25) is 4.98 Å². The van der Waals surface area contributed by atoms with E-state index in [1.165, 1.54) is 0 Å². The van der Waals surface area contributed by atoms with Gasteiger partial charge >= 0.3 is 0 Å². The largest absolute Gasteiger partial charge is 0.465 e. The molecule has 28 heavy (non-hydrogen) atoms. The monoisotopic (exact) mass is 369 g/mol. The van der Waals surface area contributed by atoms with E-state index >= 15 is 0 Å². The summed E-state index contributed by atoms with van der Waals surface area (Å²) < 4.78 is 13.8. The minimum atomic E-state index is 0.632. The van der Waals surface area contributed by atoms with Crippen molar-refractivity contribution in [2.24, 2.45) is 0 Å². The maximum Gasteiger partial charge on any atom is 0.174 e. The Morgan fingerprint density at radius 2 is 1.96 bits per heavy atom. The lowest BCUT2D eigenvalue weighted by Crippen LogP contribution is -2.04. The summed E-state index contributed by atoms with van der Waals surface area (Å²) in [5.74, 6) is 1.37. The lowest BCUT2D eigenvalue weighted by atomic mass is 10.0. The molecule has 3 aromatic heterocycles. The molecule has 3 aromatic rings. The van der Waals surface area contributed by atoms with Crippen molar-refractivity contribution in [2.75, 3.05) is 0 Å². The molecule has 0 radical (unpaired) electrons. The van der Waals surface area contributed by atoms with Crippen molar-refractivity contribution in [3.63, 3.8) is 0 Å². The van der Waals surface area contributed by atoms with Gasteiger partial charge in [0.05, 0.1) is 16.8 Å². The summed E-state index contributed by atoms with van der Waals surface area (Å²) in [6.07, 6.45) is 13.4. The molecule has 0 N–H and O–H groups in total. The molecule has 1 aliphatic carbocycles. The number of ether oxygens (including phenoxy) is 2. The van der Waals surface area contributed by atoms with Crippen molar-refractivity contribution < 1.29 is 9.47 Å². The van der Waals surface area contributed by atoms with E-state index in [0.29, 0.717) is 5.76 Å². The van der Waals surface area contributed by atoms with E-state index in [-0.39, 0.29) is 0 Å². The molecule has 0 bridgehead atoms. The van der Waals surface area contributed by atoms with E-state index in [1.807, 2.05) is 54.0 Å². The van der Waals surface area contributed by atoms with Gasteiger partial charge in [0.25, 0.3) is 0 Å². The van der Waals surface area contributed by atoms with Crippen LogP contribution < -0.4 is 0 Å². The third-order valence-corrected chi connectivity index (χ3v) is 4.82. The van der Waals surface area contributed by atoms with Crippen LogP contribution in [-0.4, -0.2) is 14.6 Å². The van der Waals surface area contributed by atoms with Crippen LogP contribution in [0.2, 0.25) is 0 Å². The van der Waals surface area contributed by atoms with Crippen molar-refractivity contribution in [1.82, 2.24) is 14.6 Å². The molecule has 0 spiro atoms. The van der Waals surface area contributed by atoms with Crippen molar-refractivity contribution in [3.05, 3.63) is 95.9 Å². The van der Waals surface area contributed by atoms with Gasteiger partial charge in [-0.05, 0) is 49.6 Å². The third-order valence-electron chi connectivity index (χ3n) is 4.82. The van der Waals surface area contributed by atoms with Gasteiger partial charge in [0.1, 0.15) is 18.2 Å². The van der Waals surface area contributed by atoms with E-state index in [0.717, 1.165) is 52.3 Å². The second kappa shape index (κ2) is 6.85. The number of hydrogen-bond donors (Lipinski definition) is 0. The quantitative estimate of drug-likeness (QED) is 0.639. The Labute approximate surface area is 162 Å². The van der Waals surface area contributed by atoms with Crippen LogP contribution in [0.1, 0.15) is 24.1 Å². The molecule has 4 heterocycles. The zero-order valence-electron chi connectivity index (χ0n) is 15.5. The van der Waals surface area contributed by atoms with Crippen LogP contribution in [0, 0.1) is 6.92 Å². The molecular weight excluding hydrogens is 350 g/mol. The average Bonchev–Trinajstić information content (AvgIpc) is 3.14. The van der Waals surface area contributed by atoms with Gasteiger partial charge in [-0.2, -0.15) is 5.10 Å². The van der Waals surface area contributed by atoms with Gasteiger partial charge in [-0.15, -0.1) is 0 Å². The SMILES string of the molecule is Cc1cccc(-c2nn3ccccc3c2C2=COC=C(C3=CC=CCC3)O2)n1. The van der Waals surface area contributed by atoms with E-state index in [9.17, 15) is 0 Å². The Kier molecular flexibility index (Phi) is 4.05. The van der Waals surface area contributed by atoms with E-state index < -0.39 is 0 Å². The first kappa shape index (κ1) is 16.6. The van der Waals surface area contributed by atoms with Crippen LogP contribution in [-0.2, 0) is 9.47 Å². The number of pyridine rings is 2. The Balaban J connectivity index is 1.62. The fraction of sp³-hybridized carbons (Fsp3) is 0.130. The van der Waals surface area contributed by atoms with Crippen LogP contribution in [0.3, 0.4) is 0 Å². The summed E-state index contributed by atoms with van der Waals surface area (Å²) in [4.78, 5) is 4.67. The summed E-state index contributed by atoms with van der Waals surface area (Å²) in [5.41, 5.74) is 5.45. The Bertz CT molecular complexity index is 1180. The fourth-order valence-electron chi connectivity index (χ4n) is 3.48. The molecule has 5 rings (SSSR count). The number of rotatable bonds is 3. The second-order valence-corrected chi connectivity index (χ2v) is 6.78. The predicted molar refractivity (Wildman–Crippen MR) is 108 cm³/mol. The Morgan fingerprint density at radius 3 is 2.82 bits per heavy atom. The van der Waals surface area contributed by atoms with Crippen molar-refractivity contribution in [2.45, 2.75) is 19.8 Å². The molecular formula is C23H19N3O2. The number of aromatic nitrogens is 3.